The molecule has 0 saturated carbocycles. The lowest BCUT2D eigenvalue weighted by Crippen LogP contribution is -2.30. The van der Waals surface area contributed by atoms with E-state index in [-0.39, 0.29) is 25.5 Å². The van der Waals surface area contributed by atoms with Gasteiger partial charge in [-0.2, -0.15) is 4.31 Å². The average Bonchev–Trinajstić information content (AvgIpc) is 2.54. The predicted octanol–water partition coefficient (Wildman–Crippen LogP) is 3.82. The number of halogens is 2. The molecular weight excluding hydrogens is 419 g/mol. The Bertz CT molecular complexity index is 967. The molecule has 0 aliphatic heterocycles. The lowest BCUT2D eigenvalue weighted by atomic mass is 10.3. The zero-order valence-electron chi connectivity index (χ0n) is 14.1. The Morgan fingerprint density at radius 3 is 1.77 bits per heavy atom. The fourth-order valence-corrected chi connectivity index (χ4v) is 5.35. The first-order valence-corrected chi connectivity index (χ1v) is 11.4. The van der Waals surface area contributed by atoms with E-state index in [9.17, 15) is 16.8 Å². The van der Waals surface area contributed by atoms with Gasteiger partial charge in [-0.3, -0.25) is 4.72 Å². The van der Waals surface area contributed by atoms with Crippen LogP contribution in [-0.4, -0.2) is 34.2 Å². The maximum Gasteiger partial charge on any atom is 0.261 e. The molecule has 26 heavy (non-hydrogen) atoms. The summed E-state index contributed by atoms with van der Waals surface area (Å²) < 4.78 is 53.5. The third-order valence-electron chi connectivity index (χ3n) is 3.59. The number of rotatable bonds is 7. The van der Waals surface area contributed by atoms with Crippen LogP contribution < -0.4 is 4.72 Å². The van der Waals surface area contributed by atoms with E-state index in [1.807, 2.05) is 0 Å². The monoisotopic (exact) mass is 436 g/mol. The van der Waals surface area contributed by atoms with Crippen LogP contribution in [0.4, 0.5) is 5.69 Å². The molecule has 0 aliphatic rings. The van der Waals surface area contributed by atoms with Gasteiger partial charge in [-0.15, -0.1) is 0 Å². The van der Waals surface area contributed by atoms with Gasteiger partial charge in [0.2, 0.25) is 10.0 Å². The Balaban J connectivity index is 2.32. The first kappa shape index (κ1) is 21.0. The highest BCUT2D eigenvalue weighted by Crippen LogP contribution is 2.25. The van der Waals surface area contributed by atoms with Gasteiger partial charge in [-0.1, -0.05) is 37.0 Å². The molecule has 6 nitrogen and oxygen atoms in total. The number of benzene rings is 2. The summed E-state index contributed by atoms with van der Waals surface area (Å²) >= 11 is 11.7. The number of hydrogen-bond acceptors (Lipinski definition) is 4. The van der Waals surface area contributed by atoms with Crippen molar-refractivity contribution < 1.29 is 16.8 Å². The minimum atomic E-state index is -3.92. The summed E-state index contributed by atoms with van der Waals surface area (Å²) in [6.45, 7) is 4.13. The zero-order valence-corrected chi connectivity index (χ0v) is 17.3. The van der Waals surface area contributed by atoms with Crippen molar-refractivity contribution >= 4 is 48.9 Å². The normalized spacial score (nSPS) is 12.3. The van der Waals surface area contributed by atoms with E-state index in [1.165, 1.54) is 46.8 Å². The molecule has 0 fully saturated rings. The van der Waals surface area contributed by atoms with Crippen LogP contribution in [0.5, 0.6) is 0 Å². The van der Waals surface area contributed by atoms with Gasteiger partial charge in [0.15, 0.2) is 0 Å². The van der Waals surface area contributed by atoms with Crippen LogP contribution in [0.2, 0.25) is 10.0 Å². The molecule has 0 unspecified atom stereocenters. The first-order valence-electron chi connectivity index (χ1n) is 7.69. The molecule has 1 N–H and O–H groups in total. The highest BCUT2D eigenvalue weighted by atomic mass is 35.5. The first-order chi connectivity index (χ1) is 12.1. The van der Waals surface area contributed by atoms with Crippen LogP contribution in [0, 0.1) is 0 Å². The van der Waals surface area contributed by atoms with Gasteiger partial charge in [0.25, 0.3) is 10.0 Å². The lowest BCUT2D eigenvalue weighted by Gasteiger charge is -2.18. The number of nitrogens with one attached hydrogen (secondary N) is 1. The zero-order chi connectivity index (χ0) is 19.5. The van der Waals surface area contributed by atoms with Crippen LogP contribution >= 0.6 is 23.2 Å². The largest absolute Gasteiger partial charge is 0.280 e. The van der Waals surface area contributed by atoms with Crippen molar-refractivity contribution in [3.8, 4) is 0 Å². The quantitative estimate of drug-likeness (QED) is 0.714. The number of anilines is 1. The van der Waals surface area contributed by atoms with E-state index in [4.69, 9.17) is 23.2 Å². The predicted molar refractivity (Wildman–Crippen MR) is 104 cm³/mol. The van der Waals surface area contributed by atoms with Crippen molar-refractivity contribution in [1.29, 1.82) is 0 Å². The number of sulfonamides is 2. The molecule has 0 heterocycles. The van der Waals surface area contributed by atoms with Crippen molar-refractivity contribution in [3.63, 3.8) is 0 Å². The van der Waals surface area contributed by atoms with Gasteiger partial charge < -0.3 is 0 Å². The SMILES string of the molecule is CCN(CC)S(=O)(=O)c1ccc(S(=O)(=O)Nc2cc(Cl)cc(Cl)c2)cc1. The Labute approximate surface area is 163 Å². The summed E-state index contributed by atoms with van der Waals surface area (Å²) in [4.78, 5) is -0.0435. The molecule has 0 amide bonds. The van der Waals surface area contributed by atoms with Crippen molar-refractivity contribution in [3.05, 3.63) is 52.5 Å². The molecule has 10 heteroatoms. The lowest BCUT2D eigenvalue weighted by molar-refractivity contribution is 0.445. The second kappa shape index (κ2) is 8.14. The standard InChI is InChI=1S/C16H18Cl2N2O4S2/c1-3-20(4-2)26(23,24)16-7-5-15(6-8-16)25(21,22)19-14-10-12(17)9-13(18)11-14/h5-11,19H,3-4H2,1-2H3. The van der Waals surface area contributed by atoms with E-state index in [0.717, 1.165) is 0 Å². The molecule has 2 rings (SSSR count). The van der Waals surface area contributed by atoms with E-state index < -0.39 is 20.0 Å². The Morgan fingerprint density at radius 1 is 0.846 bits per heavy atom. The van der Waals surface area contributed by atoms with Gasteiger partial charge in [-0.05, 0) is 42.5 Å². The second-order valence-corrected chi connectivity index (χ2v) is 9.82. The average molecular weight is 437 g/mol. The van der Waals surface area contributed by atoms with Crippen molar-refractivity contribution in [2.24, 2.45) is 0 Å². The van der Waals surface area contributed by atoms with E-state index in [2.05, 4.69) is 4.72 Å². The maximum atomic E-state index is 12.5. The minimum Gasteiger partial charge on any atom is -0.280 e. The van der Waals surface area contributed by atoms with Gasteiger partial charge in [0, 0.05) is 23.1 Å². The van der Waals surface area contributed by atoms with Crippen molar-refractivity contribution in [1.82, 2.24) is 4.31 Å². The van der Waals surface area contributed by atoms with Crippen LogP contribution in [0.15, 0.2) is 52.3 Å². The molecule has 0 aliphatic carbocycles. The van der Waals surface area contributed by atoms with Crippen molar-refractivity contribution in [2.75, 3.05) is 17.8 Å². The molecule has 142 valence electrons. The van der Waals surface area contributed by atoms with Gasteiger partial charge in [0.1, 0.15) is 0 Å². The molecule has 2 aromatic rings. The number of nitrogens with zero attached hydrogens (tertiary/aromatic N) is 1. The molecular formula is C16H18Cl2N2O4S2. The fourth-order valence-electron chi connectivity index (χ4n) is 2.33. The molecule has 0 spiro atoms. The van der Waals surface area contributed by atoms with Gasteiger partial charge in [0.05, 0.1) is 15.5 Å². The molecule has 0 radical (unpaired) electrons. The summed E-state index contributed by atoms with van der Waals surface area (Å²) in [7, 11) is -7.57. The second-order valence-electron chi connectivity index (χ2n) is 5.32. The smallest absolute Gasteiger partial charge is 0.261 e. The topological polar surface area (TPSA) is 83.6 Å². The Kier molecular flexibility index (Phi) is 6.57. The van der Waals surface area contributed by atoms with Crippen LogP contribution in [0.3, 0.4) is 0 Å². The van der Waals surface area contributed by atoms with Gasteiger partial charge in [-0.25, -0.2) is 16.8 Å². The Morgan fingerprint density at radius 2 is 1.31 bits per heavy atom. The number of hydrogen-bond donors (Lipinski definition) is 1. The van der Waals surface area contributed by atoms with E-state index in [0.29, 0.717) is 13.1 Å². The Hall–Kier alpha value is -1.32. The van der Waals surface area contributed by atoms with Crippen LogP contribution in [0.1, 0.15) is 13.8 Å². The van der Waals surface area contributed by atoms with Crippen LogP contribution in [0.25, 0.3) is 0 Å². The van der Waals surface area contributed by atoms with Crippen LogP contribution in [-0.2, 0) is 20.0 Å². The maximum absolute atomic E-state index is 12.5. The molecule has 2 aromatic carbocycles. The van der Waals surface area contributed by atoms with Gasteiger partial charge >= 0.3 is 0 Å². The van der Waals surface area contributed by atoms with E-state index in [1.54, 1.807) is 13.8 Å². The third-order valence-corrected chi connectivity index (χ3v) is 7.49. The summed E-state index contributed by atoms with van der Waals surface area (Å²) in [5, 5.41) is 0.576. The highest BCUT2D eigenvalue weighted by Gasteiger charge is 2.23. The summed E-state index contributed by atoms with van der Waals surface area (Å²) in [5.41, 5.74) is 0.210. The summed E-state index contributed by atoms with van der Waals surface area (Å²) in [6.07, 6.45) is 0. The molecule has 0 bridgehead atoms. The highest BCUT2D eigenvalue weighted by molar-refractivity contribution is 7.92. The molecule has 0 aromatic heterocycles. The van der Waals surface area contributed by atoms with E-state index >= 15 is 0 Å². The molecule has 0 atom stereocenters. The summed E-state index contributed by atoms with van der Waals surface area (Å²) in [5.74, 6) is 0. The fraction of sp³-hybridized carbons (Fsp3) is 0.250. The minimum absolute atomic E-state index is 0.0333. The molecule has 0 saturated heterocycles. The summed E-state index contributed by atoms with van der Waals surface area (Å²) in [6, 6.07) is 9.35. The third kappa shape index (κ3) is 4.69. The van der Waals surface area contributed by atoms with Crippen molar-refractivity contribution in [2.45, 2.75) is 23.6 Å².